The summed E-state index contributed by atoms with van der Waals surface area (Å²) >= 11 is 1.45. The van der Waals surface area contributed by atoms with Gasteiger partial charge in [0.05, 0.1) is 4.88 Å². The Hall–Kier alpha value is -1.42. The van der Waals surface area contributed by atoms with Gasteiger partial charge in [-0.15, -0.1) is 11.3 Å². The van der Waals surface area contributed by atoms with Crippen molar-refractivity contribution in [3.8, 4) is 0 Å². The first-order valence-electron chi connectivity index (χ1n) is 5.22. The molecule has 2 aromatic heterocycles. The molecule has 0 N–H and O–H groups in total. The molecule has 4 heteroatoms. The summed E-state index contributed by atoms with van der Waals surface area (Å²) < 4.78 is 0. The van der Waals surface area contributed by atoms with Gasteiger partial charge in [0.1, 0.15) is 4.83 Å². The number of hydrogen-bond acceptors (Lipinski definition) is 3. The largest absolute Gasteiger partial charge is 0.344 e. The van der Waals surface area contributed by atoms with E-state index in [0.717, 1.165) is 21.5 Å². The van der Waals surface area contributed by atoms with E-state index in [2.05, 4.69) is 18.0 Å². The summed E-state index contributed by atoms with van der Waals surface area (Å²) in [7, 11) is 3.52. The number of carbonyl (C=O) groups excluding carboxylic acids is 1. The van der Waals surface area contributed by atoms with Crippen LogP contribution in [-0.4, -0.2) is 29.9 Å². The van der Waals surface area contributed by atoms with E-state index in [9.17, 15) is 4.79 Å². The first-order chi connectivity index (χ1) is 7.61. The van der Waals surface area contributed by atoms with Crippen molar-refractivity contribution in [2.24, 2.45) is 0 Å². The van der Waals surface area contributed by atoms with Crippen LogP contribution in [-0.2, 0) is 6.42 Å². The van der Waals surface area contributed by atoms with Crippen LogP contribution >= 0.6 is 11.3 Å². The van der Waals surface area contributed by atoms with Gasteiger partial charge in [0.15, 0.2) is 0 Å². The van der Waals surface area contributed by atoms with Crippen molar-refractivity contribution in [1.82, 2.24) is 9.88 Å². The second kappa shape index (κ2) is 4.22. The van der Waals surface area contributed by atoms with Crippen molar-refractivity contribution in [3.63, 3.8) is 0 Å². The van der Waals surface area contributed by atoms with Crippen molar-refractivity contribution in [2.45, 2.75) is 13.3 Å². The molecule has 0 aliphatic rings. The Balaban J connectivity index is 2.47. The highest BCUT2D eigenvalue weighted by atomic mass is 32.1. The van der Waals surface area contributed by atoms with Crippen LogP contribution in [0.5, 0.6) is 0 Å². The minimum Gasteiger partial charge on any atom is -0.344 e. The molecule has 84 valence electrons. The van der Waals surface area contributed by atoms with E-state index in [1.807, 2.05) is 12.3 Å². The quantitative estimate of drug-likeness (QED) is 0.800. The zero-order valence-electron chi connectivity index (χ0n) is 9.65. The second-order valence-corrected chi connectivity index (χ2v) is 4.93. The van der Waals surface area contributed by atoms with Gasteiger partial charge in [-0.25, -0.2) is 4.98 Å². The van der Waals surface area contributed by atoms with Crippen LogP contribution in [0.1, 0.15) is 22.2 Å². The molecule has 0 fully saturated rings. The summed E-state index contributed by atoms with van der Waals surface area (Å²) in [6, 6.07) is 4.03. The lowest BCUT2D eigenvalue weighted by Crippen LogP contribution is -2.20. The van der Waals surface area contributed by atoms with Crippen LogP contribution in [0.4, 0.5) is 0 Å². The maximum atomic E-state index is 11.8. The monoisotopic (exact) mass is 234 g/mol. The third-order valence-electron chi connectivity index (χ3n) is 2.45. The molecule has 16 heavy (non-hydrogen) atoms. The van der Waals surface area contributed by atoms with Gasteiger partial charge >= 0.3 is 0 Å². The minimum absolute atomic E-state index is 0.0426. The lowest BCUT2D eigenvalue weighted by atomic mass is 10.2. The number of hydrogen-bond donors (Lipinski definition) is 0. The molecular formula is C12H14N2OS. The van der Waals surface area contributed by atoms with Crippen LogP contribution in [0.25, 0.3) is 10.2 Å². The summed E-state index contributed by atoms with van der Waals surface area (Å²) in [5.74, 6) is 0.0426. The molecule has 0 aliphatic heterocycles. The Kier molecular flexibility index (Phi) is 2.92. The van der Waals surface area contributed by atoms with Gasteiger partial charge < -0.3 is 4.90 Å². The number of rotatable bonds is 2. The second-order valence-electron chi connectivity index (χ2n) is 3.90. The molecule has 0 bridgehead atoms. The molecule has 3 nitrogen and oxygen atoms in total. The molecule has 0 radical (unpaired) electrons. The Labute approximate surface area is 98.7 Å². The third-order valence-corrected chi connectivity index (χ3v) is 3.50. The molecule has 1 amide bonds. The van der Waals surface area contributed by atoms with E-state index in [1.165, 1.54) is 16.9 Å². The minimum atomic E-state index is 0.0426. The highest BCUT2D eigenvalue weighted by Gasteiger charge is 2.12. The van der Waals surface area contributed by atoms with Gasteiger partial charge in [-0.1, -0.05) is 6.92 Å². The number of aromatic nitrogens is 1. The highest BCUT2D eigenvalue weighted by molar-refractivity contribution is 7.20. The van der Waals surface area contributed by atoms with E-state index in [0.29, 0.717) is 0 Å². The average Bonchev–Trinajstić information content (AvgIpc) is 2.69. The fraction of sp³-hybridized carbons (Fsp3) is 0.333. The van der Waals surface area contributed by atoms with E-state index < -0.39 is 0 Å². The maximum Gasteiger partial charge on any atom is 0.263 e. The first kappa shape index (κ1) is 11.1. The molecule has 2 rings (SSSR count). The van der Waals surface area contributed by atoms with Crippen LogP contribution in [0, 0.1) is 0 Å². The topological polar surface area (TPSA) is 33.2 Å². The Morgan fingerprint density at radius 2 is 2.19 bits per heavy atom. The number of aryl methyl sites for hydroxylation is 1. The van der Waals surface area contributed by atoms with Gasteiger partial charge in [-0.3, -0.25) is 4.79 Å². The van der Waals surface area contributed by atoms with Crippen molar-refractivity contribution >= 4 is 27.5 Å². The summed E-state index contributed by atoms with van der Waals surface area (Å²) in [4.78, 5) is 19.4. The fourth-order valence-electron chi connectivity index (χ4n) is 1.50. The number of nitrogens with zero attached hydrogens (tertiary/aromatic N) is 2. The molecule has 0 aromatic carbocycles. The van der Waals surface area contributed by atoms with Gasteiger partial charge in [-0.05, 0) is 24.1 Å². The molecule has 0 aliphatic carbocycles. The normalized spacial score (nSPS) is 10.7. The standard InChI is InChI=1S/C12H14N2OS/c1-4-8-5-9-6-10(12(15)14(2)3)16-11(9)13-7-8/h5-7H,4H2,1-3H3. The van der Waals surface area contributed by atoms with E-state index in [-0.39, 0.29) is 5.91 Å². The number of thiophene rings is 1. The number of amides is 1. The Morgan fingerprint density at radius 1 is 1.44 bits per heavy atom. The molecule has 0 atom stereocenters. The van der Waals surface area contributed by atoms with Crippen molar-refractivity contribution in [1.29, 1.82) is 0 Å². The van der Waals surface area contributed by atoms with Crippen molar-refractivity contribution < 1.29 is 4.79 Å². The van der Waals surface area contributed by atoms with Gasteiger partial charge in [0.25, 0.3) is 5.91 Å². The molecule has 0 spiro atoms. The molecule has 2 heterocycles. The predicted molar refractivity (Wildman–Crippen MR) is 67.0 cm³/mol. The molecule has 2 aromatic rings. The number of fused-ring (bicyclic) bond motifs is 1. The van der Waals surface area contributed by atoms with E-state index in [1.54, 1.807) is 19.0 Å². The summed E-state index contributed by atoms with van der Waals surface area (Å²) in [5.41, 5.74) is 1.20. The zero-order chi connectivity index (χ0) is 11.7. The van der Waals surface area contributed by atoms with Gasteiger partial charge in [-0.2, -0.15) is 0 Å². The third kappa shape index (κ3) is 1.93. The van der Waals surface area contributed by atoms with Crippen LogP contribution in [0.15, 0.2) is 18.3 Å². The van der Waals surface area contributed by atoms with E-state index in [4.69, 9.17) is 0 Å². The lowest BCUT2D eigenvalue weighted by molar-refractivity contribution is 0.0832. The Morgan fingerprint density at radius 3 is 2.81 bits per heavy atom. The predicted octanol–water partition coefficient (Wildman–Crippen LogP) is 2.56. The molecule has 0 saturated heterocycles. The van der Waals surface area contributed by atoms with Crippen molar-refractivity contribution in [2.75, 3.05) is 14.1 Å². The molecule has 0 unspecified atom stereocenters. The Bertz CT molecular complexity index is 531. The lowest BCUT2D eigenvalue weighted by Gasteiger charge is -2.06. The SMILES string of the molecule is CCc1cnc2sc(C(=O)N(C)C)cc2c1. The fourth-order valence-corrected chi connectivity index (χ4v) is 2.50. The number of pyridine rings is 1. The summed E-state index contributed by atoms with van der Waals surface area (Å²) in [6.45, 7) is 2.10. The smallest absolute Gasteiger partial charge is 0.263 e. The summed E-state index contributed by atoms with van der Waals surface area (Å²) in [5, 5.41) is 1.06. The average molecular weight is 234 g/mol. The van der Waals surface area contributed by atoms with Gasteiger partial charge in [0.2, 0.25) is 0 Å². The van der Waals surface area contributed by atoms with Crippen LogP contribution < -0.4 is 0 Å². The zero-order valence-corrected chi connectivity index (χ0v) is 10.5. The molecular weight excluding hydrogens is 220 g/mol. The molecule has 0 saturated carbocycles. The van der Waals surface area contributed by atoms with Crippen molar-refractivity contribution in [3.05, 3.63) is 28.8 Å². The van der Waals surface area contributed by atoms with E-state index >= 15 is 0 Å². The summed E-state index contributed by atoms with van der Waals surface area (Å²) in [6.07, 6.45) is 2.85. The van der Waals surface area contributed by atoms with Gasteiger partial charge in [0, 0.05) is 25.7 Å². The van der Waals surface area contributed by atoms with Crippen LogP contribution in [0.2, 0.25) is 0 Å². The first-order valence-corrected chi connectivity index (χ1v) is 6.03. The number of carbonyl (C=O) groups is 1. The van der Waals surface area contributed by atoms with Crippen LogP contribution in [0.3, 0.4) is 0 Å². The maximum absolute atomic E-state index is 11.8. The highest BCUT2D eigenvalue weighted by Crippen LogP contribution is 2.25.